The molecule has 0 aromatic rings. The molecule has 0 aromatic heterocycles. The molecule has 0 aliphatic carbocycles. The number of carboxylic acid groups (broad SMARTS) is 1. The molecule has 0 spiro atoms. The molecule has 2 heterocycles. The summed E-state index contributed by atoms with van der Waals surface area (Å²) in [4.78, 5) is 55.3. The molecule has 0 saturated carbocycles. The normalized spacial score (nSPS) is 21.5. The Hall–Kier alpha value is -2.98. The molecular formula is C22H37N5O6. The first-order valence-electron chi connectivity index (χ1n) is 11.5. The van der Waals surface area contributed by atoms with Gasteiger partial charge in [-0.3, -0.25) is 4.79 Å². The predicted molar refractivity (Wildman–Crippen MR) is 121 cm³/mol. The highest BCUT2D eigenvalue weighted by atomic mass is 16.6. The number of likely N-dealkylation sites (tertiary alicyclic amines) is 1. The number of hydrogen-bond acceptors (Lipinski definition) is 7. The molecule has 3 N–H and O–H groups in total. The number of carboxylic acids is 1. The van der Waals surface area contributed by atoms with Gasteiger partial charge >= 0.3 is 18.1 Å². The third-order valence-electron chi connectivity index (χ3n) is 6.44. The summed E-state index contributed by atoms with van der Waals surface area (Å²) in [7, 11) is 0. The number of nitrogens with two attached hydrogens (primary N) is 1. The van der Waals surface area contributed by atoms with Crippen LogP contribution >= 0.6 is 0 Å². The zero-order valence-electron chi connectivity index (χ0n) is 20.0. The number of urea groups is 1. The van der Waals surface area contributed by atoms with Crippen LogP contribution in [0.25, 0.3) is 0 Å². The highest BCUT2D eigenvalue weighted by Crippen LogP contribution is 2.32. The van der Waals surface area contributed by atoms with E-state index in [1.165, 1.54) is 9.80 Å². The molecule has 2 fully saturated rings. The number of piperazine rings is 1. The second-order valence-electron chi connectivity index (χ2n) is 8.90. The molecule has 2 unspecified atom stereocenters. The quantitative estimate of drug-likeness (QED) is 0.485. The van der Waals surface area contributed by atoms with Gasteiger partial charge in [0, 0.05) is 39.3 Å². The van der Waals surface area contributed by atoms with Gasteiger partial charge in [0.2, 0.25) is 5.91 Å². The summed E-state index contributed by atoms with van der Waals surface area (Å²) in [6.45, 7) is 13.5. The van der Waals surface area contributed by atoms with E-state index in [9.17, 15) is 24.3 Å². The van der Waals surface area contributed by atoms with Crippen LogP contribution in [-0.2, 0) is 14.3 Å². The zero-order valence-corrected chi connectivity index (χ0v) is 20.0. The van der Waals surface area contributed by atoms with E-state index >= 15 is 0 Å². The summed E-state index contributed by atoms with van der Waals surface area (Å²) in [6, 6.07) is -1.81. The van der Waals surface area contributed by atoms with E-state index in [0.717, 1.165) is 4.90 Å². The summed E-state index contributed by atoms with van der Waals surface area (Å²) in [5.41, 5.74) is 5.70. The van der Waals surface area contributed by atoms with E-state index in [4.69, 9.17) is 10.5 Å². The average molecular weight is 468 g/mol. The first kappa shape index (κ1) is 26.3. The highest BCUT2D eigenvalue weighted by Gasteiger charge is 2.55. The lowest BCUT2D eigenvalue weighted by Crippen LogP contribution is -2.69. The lowest BCUT2D eigenvalue weighted by molar-refractivity contribution is -0.167. The molecule has 33 heavy (non-hydrogen) atoms. The van der Waals surface area contributed by atoms with Gasteiger partial charge in [-0.25, -0.2) is 19.3 Å². The Morgan fingerprint density at radius 2 is 1.76 bits per heavy atom. The maximum Gasteiger partial charge on any atom is 0.410 e. The maximum absolute atomic E-state index is 12.9. The Morgan fingerprint density at radius 3 is 2.24 bits per heavy atom. The average Bonchev–Trinajstić information content (AvgIpc) is 2.76. The van der Waals surface area contributed by atoms with Crippen LogP contribution in [0.5, 0.6) is 0 Å². The molecule has 0 aromatic carbocycles. The Bertz CT molecular complexity index is 764. The SMILES string of the molecule is C=C(N)N(CC)CCC[C@H]1C(=O)N(C(=O)N2CCN(C(=O)OC(C)C(C)C)CC2)C1C(=O)O. The monoisotopic (exact) mass is 467 g/mol. The van der Waals surface area contributed by atoms with Gasteiger partial charge in [-0.1, -0.05) is 20.4 Å². The zero-order chi connectivity index (χ0) is 24.9. The fraction of sp³-hybridized carbons (Fsp3) is 0.727. The molecule has 11 heteroatoms. The third-order valence-corrected chi connectivity index (χ3v) is 6.44. The molecule has 2 rings (SSSR count). The number of ether oxygens (including phenoxy) is 1. The summed E-state index contributed by atoms with van der Waals surface area (Å²) in [6.07, 6.45) is 0.239. The second kappa shape index (κ2) is 11.2. The lowest BCUT2D eigenvalue weighted by atomic mass is 9.83. The van der Waals surface area contributed by atoms with Crippen LogP contribution in [0.1, 0.15) is 40.5 Å². The number of β-lactam (4-membered cyclic amide) rings is 1. The summed E-state index contributed by atoms with van der Waals surface area (Å²) >= 11 is 0. The van der Waals surface area contributed by atoms with E-state index < -0.39 is 36.0 Å². The van der Waals surface area contributed by atoms with Crippen LogP contribution in [0.2, 0.25) is 0 Å². The number of rotatable bonds is 9. The van der Waals surface area contributed by atoms with Crippen LogP contribution in [-0.4, -0.2) is 100 Å². The van der Waals surface area contributed by atoms with Crippen molar-refractivity contribution in [1.29, 1.82) is 0 Å². The van der Waals surface area contributed by atoms with Crippen LogP contribution in [0.15, 0.2) is 12.4 Å². The lowest BCUT2D eigenvalue weighted by Gasteiger charge is -2.46. The molecule has 3 atom stereocenters. The van der Waals surface area contributed by atoms with Gasteiger partial charge < -0.3 is 30.3 Å². The fourth-order valence-electron chi connectivity index (χ4n) is 3.93. The van der Waals surface area contributed by atoms with Crippen molar-refractivity contribution >= 4 is 24.0 Å². The molecule has 4 amide bonds. The number of carbonyl (C=O) groups is 4. The van der Waals surface area contributed by atoms with E-state index in [2.05, 4.69) is 6.58 Å². The second-order valence-corrected chi connectivity index (χ2v) is 8.90. The molecule has 2 aliphatic rings. The first-order valence-corrected chi connectivity index (χ1v) is 11.5. The van der Waals surface area contributed by atoms with Crippen LogP contribution in [0.4, 0.5) is 9.59 Å². The summed E-state index contributed by atoms with van der Waals surface area (Å²) in [5, 5.41) is 9.65. The minimum Gasteiger partial charge on any atom is -0.480 e. The first-order chi connectivity index (χ1) is 15.5. The Balaban J connectivity index is 1.90. The van der Waals surface area contributed by atoms with Gasteiger partial charge in [0.25, 0.3) is 0 Å². The highest BCUT2D eigenvalue weighted by molar-refractivity contribution is 6.07. The van der Waals surface area contributed by atoms with Gasteiger partial charge in [0.15, 0.2) is 6.04 Å². The number of hydrogen-bond donors (Lipinski definition) is 2. The largest absolute Gasteiger partial charge is 0.480 e. The molecule has 11 nitrogen and oxygen atoms in total. The number of carbonyl (C=O) groups excluding carboxylic acids is 3. The summed E-state index contributed by atoms with van der Waals surface area (Å²) < 4.78 is 5.41. The van der Waals surface area contributed by atoms with E-state index in [1.54, 1.807) is 0 Å². The Kier molecular flexibility index (Phi) is 8.95. The van der Waals surface area contributed by atoms with Gasteiger partial charge in [-0.2, -0.15) is 0 Å². The smallest absolute Gasteiger partial charge is 0.410 e. The maximum atomic E-state index is 12.9. The summed E-state index contributed by atoms with van der Waals surface area (Å²) in [5.74, 6) is -1.81. The predicted octanol–water partition coefficient (Wildman–Crippen LogP) is 1.35. The Labute approximate surface area is 195 Å². The van der Waals surface area contributed by atoms with Crippen molar-refractivity contribution < 1.29 is 29.0 Å². The van der Waals surface area contributed by atoms with Crippen molar-refractivity contribution in [3.8, 4) is 0 Å². The van der Waals surface area contributed by atoms with Crippen molar-refractivity contribution in [2.75, 3.05) is 39.3 Å². The third kappa shape index (κ3) is 6.08. The number of imide groups is 1. The molecule has 0 radical (unpaired) electrons. The fourth-order valence-corrected chi connectivity index (χ4v) is 3.93. The van der Waals surface area contributed by atoms with Crippen molar-refractivity contribution in [1.82, 2.24) is 19.6 Å². The Morgan fingerprint density at radius 1 is 1.18 bits per heavy atom. The topological polar surface area (TPSA) is 137 Å². The van der Waals surface area contributed by atoms with E-state index in [0.29, 0.717) is 31.8 Å². The number of nitrogens with zero attached hydrogens (tertiary/aromatic N) is 4. The van der Waals surface area contributed by atoms with Gasteiger partial charge in [-0.05, 0) is 32.6 Å². The number of amides is 4. The van der Waals surface area contributed by atoms with Gasteiger partial charge in [0.05, 0.1) is 11.7 Å². The van der Waals surface area contributed by atoms with Crippen molar-refractivity contribution in [2.45, 2.75) is 52.7 Å². The molecule has 2 aliphatic heterocycles. The van der Waals surface area contributed by atoms with E-state index in [-0.39, 0.29) is 38.2 Å². The standard InChI is InChI=1S/C22H37N5O6/c1-6-24(16(5)23)9-7-8-17-18(20(29)30)27(19(17)28)21(31)25-10-12-26(13-11-25)22(32)33-15(4)14(2)3/h14-15,17-18H,5-13,23H2,1-4H3,(H,29,30)/t15?,17-,18?/m1/s1. The minimum atomic E-state index is -1.20. The van der Waals surface area contributed by atoms with Crippen LogP contribution in [0.3, 0.4) is 0 Å². The van der Waals surface area contributed by atoms with Crippen LogP contribution in [0, 0.1) is 11.8 Å². The van der Waals surface area contributed by atoms with Crippen molar-refractivity contribution in [2.24, 2.45) is 17.6 Å². The van der Waals surface area contributed by atoms with Gasteiger partial charge in [-0.15, -0.1) is 0 Å². The molecule has 186 valence electrons. The van der Waals surface area contributed by atoms with E-state index in [1.807, 2.05) is 32.6 Å². The number of aliphatic carboxylic acids is 1. The molecule has 2 saturated heterocycles. The molecular weight excluding hydrogens is 430 g/mol. The molecule has 0 bridgehead atoms. The minimum absolute atomic E-state index is 0.189. The van der Waals surface area contributed by atoms with Crippen molar-refractivity contribution in [3.05, 3.63) is 12.4 Å². The van der Waals surface area contributed by atoms with Crippen LogP contribution < -0.4 is 5.73 Å². The van der Waals surface area contributed by atoms with Gasteiger partial charge in [0.1, 0.15) is 6.10 Å². The van der Waals surface area contributed by atoms with Crippen molar-refractivity contribution in [3.63, 3.8) is 0 Å².